The number of carbonyl (C=O) groups excluding carboxylic acids is 2. The Morgan fingerprint density at radius 2 is 1.96 bits per heavy atom. The number of nitrogens with one attached hydrogen (secondary N) is 3. The molecule has 5 aliphatic rings. The van der Waals surface area contributed by atoms with Crippen molar-refractivity contribution in [2.75, 3.05) is 45.8 Å². The van der Waals surface area contributed by atoms with E-state index in [0.29, 0.717) is 35.7 Å². The molecule has 7 rings (SSSR count). The van der Waals surface area contributed by atoms with E-state index in [-0.39, 0.29) is 42.5 Å². The van der Waals surface area contributed by atoms with Gasteiger partial charge in [-0.3, -0.25) is 14.4 Å². The molecule has 2 aliphatic heterocycles. The second-order valence-electron chi connectivity index (χ2n) is 16.2. The molecule has 2 aromatic rings. The van der Waals surface area contributed by atoms with Gasteiger partial charge in [0, 0.05) is 61.5 Å². The highest BCUT2D eigenvalue weighted by molar-refractivity contribution is 5.97. The number of aliphatic hydroxyl groups is 2. The summed E-state index contributed by atoms with van der Waals surface area (Å²) in [6.45, 7) is 9.86. The molecule has 11 nitrogen and oxygen atoms in total. The van der Waals surface area contributed by atoms with Crippen molar-refractivity contribution in [1.29, 1.82) is 0 Å². The maximum atomic E-state index is 14.3. The van der Waals surface area contributed by atoms with Crippen molar-refractivity contribution in [3.63, 3.8) is 0 Å². The normalized spacial score (nSPS) is 30.6. The van der Waals surface area contributed by atoms with E-state index in [4.69, 9.17) is 9.57 Å². The van der Waals surface area contributed by atoms with Crippen molar-refractivity contribution < 1.29 is 29.4 Å². The Balaban J connectivity index is 1.35. The zero-order valence-electron chi connectivity index (χ0n) is 31.4. The van der Waals surface area contributed by atoms with Gasteiger partial charge in [-0.1, -0.05) is 45.4 Å². The van der Waals surface area contributed by atoms with Gasteiger partial charge in [0.25, 0.3) is 5.91 Å². The SMILES string of the molecule is CNC(=O)c1cc(-c2cccc(CN3O[C@@H](CO)[C@@H]([C@H](C)O)[C@H]3C(=O)N[C@H]3C[C@H]4C[C@@H]([C@@H]3C)C4(C)C)c2OCC2CCCCN2)cc(N(C)C)c1. The molecule has 5 fully saturated rings. The van der Waals surface area contributed by atoms with Crippen LogP contribution in [-0.2, 0) is 16.2 Å². The van der Waals surface area contributed by atoms with Crippen LogP contribution >= 0.6 is 0 Å². The fourth-order valence-electron chi connectivity index (χ4n) is 9.31. The molecule has 3 aliphatic carbocycles. The first-order valence-electron chi connectivity index (χ1n) is 18.9. The molecule has 3 saturated carbocycles. The van der Waals surface area contributed by atoms with E-state index in [2.05, 4.69) is 36.7 Å². The highest BCUT2D eigenvalue weighted by Gasteiger charge is 2.57. The van der Waals surface area contributed by atoms with Crippen molar-refractivity contribution in [3.8, 4) is 16.9 Å². The number of fused-ring (bicyclic) bond motifs is 2. The summed E-state index contributed by atoms with van der Waals surface area (Å²) in [5.41, 5.74) is 4.14. The van der Waals surface area contributed by atoms with Crippen molar-refractivity contribution in [2.45, 2.75) is 96.7 Å². The summed E-state index contributed by atoms with van der Waals surface area (Å²) < 4.78 is 6.74. The number of anilines is 1. The lowest BCUT2D eigenvalue weighted by atomic mass is 9.45. The third kappa shape index (κ3) is 7.51. The van der Waals surface area contributed by atoms with Gasteiger partial charge in [0.1, 0.15) is 24.5 Å². The summed E-state index contributed by atoms with van der Waals surface area (Å²) in [5.74, 6) is 1.12. The number of aliphatic hydroxyl groups excluding tert-OH is 2. The van der Waals surface area contributed by atoms with Crippen LogP contribution in [0.4, 0.5) is 5.69 Å². The maximum absolute atomic E-state index is 14.3. The number of nitrogens with zero attached hydrogens (tertiary/aromatic N) is 2. The van der Waals surface area contributed by atoms with Gasteiger partial charge >= 0.3 is 0 Å². The summed E-state index contributed by atoms with van der Waals surface area (Å²) in [4.78, 5) is 35.5. The van der Waals surface area contributed by atoms with Crippen molar-refractivity contribution >= 4 is 17.5 Å². The molecule has 0 spiro atoms. The first kappa shape index (κ1) is 37.5. The molecule has 5 N–H and O–H groups in total. The summed E-state index contributed by atoms with van der Waals surface area (Å²) in [6, 6.07) is 11.1. The number of carbonyl (C=O) groups is 2. The molecule has 0 radical (unpaired) electrons. The van der Waals surface area contributed by atoms with Crippen LogP contribution in [0, 0.1) is 29.1 Å². The first-order valence-corrected chi connectivity index (χ1v) is 18.9. The summed E-state index contributed by atoms with van der Waals surface area (Å²) in [7, 11) is 5.51. The fourth-order valence-corrected chi connectivity index (χ4v) is 9.31. The number of hydrogen-bond donors (Lipinski definition) is 5. The van der Waals surface area contributed by atoms with Crippen LogP contribution in [0.15, 0.2) is 36.4 Å². The lowest BCUT2D eigenvalue weighted by Gasteiger charge is -2.62. The number of ether oxygens (including phenoxy) is 1. The van der Waals surface area contributed by atoms with Gasteiger partial charge in [0.2, 0.25) is 5.91 Å². The van der Waals surface area contributed by atoms with E-state index < -0.39 is 24.2 Å². The first-order chi connectivity index (χ1) is 24.3. The average Bonchev–Trinajstić information content (AvgIpc) is 3.50. The van der Waals surface area contributed by atoms with Crippen LogP contribution in [0.5, 0.6) is 5.75 Å². The number of hydroxylamine groups is 2. The predicted octanol–water partition coefficient (Wildman–Crippen LogP) is 3.96. The van der Waals surface area contributed by atoms with Gasteiger partial charge in [-0.2, -0.15) is 5.06 Å². The van der Waals surface area contributed by atoms with E-state index in [0.717, 1.165) is 54.6 Å². The largest absolute Gasteiger partial charge is 0.491 e. The smallest absolute Gasteiger partial charge is 0.251 e. The standard InChI is InChI=1S/C40H59N5O6/c1-23-32-18-28(40(32,3)4)19-33(23)43-39(49)36-35(24(2)47)34(21-46)51-45(36)20-25-11-10-13-31(37(25)50-22-29-12-8-9-14-42-29)26-15-27(38(48)41-5)17-30(16-26)44(6)7/h10-11,13,15-17,23-24,28-29,32-36,42,46-47H,8-9,12,14,18-22H2,1-7H3,(H,41,48)(H,43,49)/t23-,24-,28+,29?,32-,33-,34-,35+,36-/m0/s1. The number of piperidine rings is 1. The Bertz CT molecular complexity index is 1560. The Kier molecular flexibility index (Phi) is 11.3. The molecule has 0 aromatic heterocycles. The lowest BCUT2D eigenvalue weighted by molar-refractivity contribution is -0.183. The second-order valence-corrected chi connectivity index (χ2v) is 16.2. The van der Waals surface area contributed by atoms with Crippen LogP contribution in [0.3, 0.4) is 0 Å². The van der Waals surface area contributed by atoms with Crippen molar-refractivity contribution in [3.05, 3.63) is 47.5 Å². The molecular formula is C40H59N5O6. The molecule has 280 valence electrons. The third-order valence-corrected chi connectivity index (χ3v) is 12.6. The van der Waals surface area contributed by atoms with Crippen molar-refractivity contribution in [2.24, 2.45) is 29.1 Å². The number of amides is 2. The minimum absolute atomic E-state index is 0.0441. The second kappa shape index (κ2) is 15.4. The molecule has 1 unspecified atom stereocenters. The van der Waals surface area contributed by atoms with Crippen LogP contribution in [0.25, 0.3) is 11.1 Å². The fraction of sp³-hybridized carbons (Fsp3) is 0.650. The average molecular weight is 706 g/mol. The molecule has 2 heterocycles. The number of para-hydroxylation sites is 1. The highest BCUT2D eigenvalue weighted by atomic mass is 16.7. The van der Waals surface area contributed by atoms with Crippen molar-refractivity contribution in [1.82, 2.24) is 21.0 Å². The monoisotopic (exact) mass is 705 g/mol. The molecule has 2 amide bonds. The number of rotatable bonds is 12. The Labute approximate surface area is 303 Å². The van der Waals surface area contributed by atoms with E-state index in [1.54, 1.807) is 19.0 Å². The summed E-state index contributed by atoms with van der Waals surface area (Å²) in [6.07, 6.45) is 3.79. The van der Waals surface area contributed by atoms with Gasteiger partial charge in [0.15, 0.2) is 0 Å². The molecule has 11 heteroatoms. The topological polar surface area (TPSA) is 136 Å². The zero-order valence-corrected chi connectivity index (χ0v) is 31.4. The van der Waals surface area contributed by atoms with Gasteiger partial charge in [0.05, 0.1) is 19.3 Å². The van der Waals surface area contributed by atoms with Crippen LogP contribution in [-0.4, -0.2) is 98.3 Å². The van der Waals surface area contributed by atoms with Crippen LogP contribution in [0.2, 0.25) is 0 Å². The van der Waals surface area contributed by atoms with Crippen LogP contribution < -0.4 is 25.6 Å². The zero-order chi connectivity index (χ0) is 36.6. The van der Waals surface area contributed by atoms with Gasteiger partial charge in [-0.25, -0.2) is 0 Å². The number of benzene rings is 2. The van der Waals surface area contributed by atoms with E-state index in [1.807, 2.05) is 55.4 Å². The molecule has 51 heavy (non-hydrogen) atoms. The van der Waals surface area contributed by atoms with Crippen LogP contribution in [0.1, 0.15) is 75.7 Å². The molecule has 2 aromatic carbocycles. The minimum atomic E-state index is -0.893. The predicted molar refractivity (Wildman–Crippen MR) is 198 cm³/mol. The van der Waals surface area contributed by atoms with Gasteiger partial charge in [-0.05, 0) is 86.1 Å². The van der Waals surface area contributed by atoms with Gasteiger partial charge < -0.3 is 35.8 Å². The number of hydrogen-bond acceptors (Lipinski definition) is 9. The third-order valence-electron chi connectivity index (χ3n) is 12.6. The Morgan fingerprint density at radius 3 is 2.59 bits per heavy atom. The van der Waals surface area contributed by atoms with E-state index in [9.17, 15) is 19.8 Å². The minimum Gasteiger partial charge on any atom is -0.491 e. The Morgan fingerprint density at radius 1 is 1.18 bits per heavy atom. The summed E-state index contributed by atoms with van der Waals surface area (Å²) >= 11 is 0. The summed E-state index contributed by atoms with van der Waals surface area (Å²) in [5, 5.41) is 32.8. The molecule has 9 atom stereocenters. The molecule has 2 bridgehead atoms. The lowest BCUT2D eigenvalue weighted by Crippen LogP contribution is -2.62. The Hall–Kier alpha value is -3.22. The molecule has 2 saturated heterocycles. The maximum Gasteiger partial charge on any atom is 0.251 e. The molecular weight excluding hydrogens is 646 g/mol. The van der Waals surface area contributed by atoms with E-state index >= 15 is 0 Å². The highest BCUT2D eigenvalue weighted by Crippen LogP contribution is 2.61. The van der Waals surface area contributed by atoms with E-state index in [1.165, 1.54) is 6.42 Å². The quantitative estimate of drug-likeness (QED) is 0.223. The van der Waals surface area contributed by atoms with Gasteiger partial charge in [-0.15, -0.1) is 0 Å².